The monoisotopic (exact) mass is 411 g/mol. The van der Waals surface area contributed by atoms with Crippen LogP contribution in [0.15, 0.2) is 0 Å². The molecule has 0 aromatic heterocycles. The molecule has 29 heavy (non-hydrogen) atoms. The van der Waals surface area contributed by atoms with Gasteiger partial charge in [0.2, 0.25) is 0 Å². The van der Waals surface area contributed by atoms with Crippen LogP contribution in [-0.2, 0) is 14.3 Å². The summed E-state index contributed by atoms with van der Waals surface area (Å²) in [4.78, 5) is 30.5. The normalized spacial score (nSPS) is 36.4. The molecule has 7 nitrogen and oxygen atoms in total. The molecular formula is C21H34FN3O4. The van der Waals surface area contributed by atoms with Gasteiger partial charge < -0.3 is 19.3 Å². The fourth-order valence-corrected chi connectivity index (χ4v) is 6.00. The molecule has 3 saturated heterocycles. The Balaban J connectivity index is 1.24. The van der Waals surface area contributed by atoms with Crippen molar-refractivity contribution < 1.29 is 23.5 Å². The maximum Gasteiger partial charge on any atom is 0.409 e. The van der Waals surface area contributed by atoms with Crippen LogP contribution in [0, 0.1) is 5.41 Å². The third-order valence-electron chi connectivity index (χ3n) is 7.55. The summed E-state index contributed by atoms with van der Waals surface area (Å²) in [6.07, 6.45) is 4.46. The van der Waals surface area contributed by atoms with Crippen LogP contribution in [0.2, 0.25) is 0 Å². The second-order valence-electron chi connectivity index (χ2n) is 9.27. The fourth-order valence-electron chi connectivity index (χ4n) is 6.00. The number of hydrogen-bond acceptors (Lipinski definition) is 6. The van der Waals surface area contributed by atoms with Crippen LogP contribution in [0.1, 0.15) is 45.4 Å². The van der Waals surface area contributed by atoms with E-state index < -0.39 is 12.2 Å². The van der Waals surface area contributed by atoms with Gasteiger partial charge in [-0.2, -0.15) is 0 Å². The zero-order valence-corrected chi connectivity index (χ0v) is 17.6. The fraction of sp³-hybridized carbons (Fsp3) is 0.905. The molecular weight excluding hydrogens is 377 g/mol. The molecule has 4 fully saturated rings. The van der Waals surface area contributed by atoms with E-state index in [4.69, 9.17) is 9.47 Å². The molecule has 1 saturated carbocycles. The molecule has 1 aliphatic carbocycles. The highest BCUT2D eigenvalue weighted by atomic mass is 19.1. The third kappa shape index (κ3) is 4.10. The Labute approximate surface area is 172 Å². The van der Waals surface area contributed by atoms with E-state index in [0.717, 1.165) is 58.3 Å². The van der Waals surface area contributed by atoms with Gasteiger partial charge >= 0.3 is 12.1 Å². The molecule has 0 aromatic rings. The van der Waals surface area contributed by atoms with Gasteiger partial charge in [0.1, 0.15) is 12.2 Å². The molecule has 4 rings (SSSR count). The van der Waals surface area contributed by atoms with Crippen LogP contribution in [0.5, 0.6) is 0 Å². The van der Waals surface area contributed by atoms with Gasteiger partial charge in [-0.1, -0.05) is 0 Å². The van der Waals surface area contributed by atoms with Gasteiger partial charge in [-0.3, -0.25) is 9.69 Å². The number of rotatable bonds is 4. The number of carbonyl (C=O) groups is 2. The zero-order valence-electron chi connectivity index (χ0n) is 17.6. The van der Waals surface area contributed by atoms with Crippen molar-refractivity contribution in [3.63, 3.8) is 0 Å². The quantitative estimate of drug-likeness (QED) is 0.660. The van der Waals surface area contributed by atoms with E-state index in [0.29, 0.717) is 19.2 Å². The SMILES string of the molecule is CCOC(=O)N1CCC2(CC(N3CCC(N4CC(F)CC4C(=O)OC)CC3)C2)C1. The van der Waals surface area contributed by atoms with Crippen LogP contribution in [0.3, 0.4) is 0 Å². The number of hydrogen-bond donors (Lipinski definition) is 0. The number of ether oxygens (including phenoxy) is 2. The lowest BCUT2D eigenvalue weighted by Crippen LogP contribution is -2.56. The molecule has 3 aliphatic heterocycles. The summed E-state index contributed by atoms with van der Waals surface area (Å²) in [5, 5.41) is 0. The van der Waals surface area contributed by atoms with Crippen molar-refractivity contribution >= 4 is 12.1 Å². The number of halogens is 1. The van der Waals surface area contributed by atoms with Gasteiger partial charge in [-0.15, -0.1) is 0 Å². The number of carbonyl (C=O) groups excluding carboxylic acids is 2. The third-order valence-corrected chi connectivity index (χ3v) is 7.55. The highest BCUT2D eigenvalue weighted by Gasteiger charge is 2.52. The molecule has 1 amide bonds. The summed E-state index contributed by atoms with van der Waals surface area (Å²) in [5.74, 6) is -0.305. The minimum absolute atomic E-state index is 0.175. The lowest BCUT2D eigenvalue weighted by Gasteiger charge is -2.52. The van der Waals surface area contributed by atoms with Crippen molar-refractivity contribution in [2.45, 2.75) is 69.7 Å². The Morgan fingerprint density at radius 2 is 1.86 bits per heavy atom. The van der Waals surface area contributed by atoms with Crippen molar-refractivity contribution in [3.8, 4) is 0 Å². The van der Waals surface area contributed by atoms with Crippen LogP contribution < -0.4 is 0 Å². The number of alkyl halides is 1. The summed E-state index contributed by atoms with van der Waals surface area (Å²) in [6, 6.07) is 0.420. The first kappa shape index (κ1) is 20.8. The van der Waals surface area contributed by atoms with Crippen molar-refractivity contribution in [2.75, 3.05) is 46.4 Å². The number of piperidine rings is 1. The van der Waals surface area contributed by atoms with Gasteiger partial charge in [0.25, 0.3) is 0 Å². The number of methoxy groups -OCH3 is 1. The topological polar surface area (TPSA) is 62.3 Å². The minimum Gasteiger partial charge on any atom is -0.468 e. The Morgan fingerprint density at radius 3 is 2.52 bits per heavy atom. The number of likely N-dealkylation sites (tertiary alicyclic amines) is 3. The molecule has 2 atom stereocenters. The summed E-state index contributed by atoms with van der Waals surface area (Å²) >= 11 is 0. The number of nitrogens with zero attached hydrogens (tertiary/aromatic N) is 3. The molecule has 3 heterocycles. The Kier molecular flexibility index (Phi) is 6.02. The summed E-state index contributed by atoms with van der Waals surface area (Å²) in [5.41, 5.74) is 0.278. The van der Waals surface area contributed by atoms with E-state index in [1.54, 1.807) is 0 Å². The van der Waals surface area contributed by atoms with Crippen molar-refractivity contribution in [1.29, 1.82) is 0 Å². The lowest BCUT2D eigenvalue weighted by molar-refractivity contribution is -0.147. The average Bonchev–Trinajstić information content (AvgIpc) is 3.31. The second-order valence-corrected chi connectivity index (χ2v) is 9.27. The van der Waals surface area contributed by atoms with Gasteiger partial charge in [-0.05, 0) is 57.5 Å². The van der Waals surface area contributed by atoms with Crippen molar-refractivity contribution in [3.05, 3.63) is 0 Å². The number of esters is 1. The van der Waals surface area contributed by atoms with Gasteiger partial charge in [0, 0.05) is 38.1 Å². The second kappa shape index (κ2) is 8.38. The van der Waals surface area contributed by atoms with E-state index in [9.17, 15) is 14.0 Å². The van der Waals surface area contributed by atoms with Crippen molar-refractivity contribution in [2.24, 2.45) is 5.41 Å². The van der Waals surface area contributed by atoms with E-state index in [1.807, 2.05) is 16.7 Å². The Bertz CT molecular complexity index is 619. The van der Waals surface area contributed by atoms with E-state index in [1.165, 1.54) is 7.11 Å². The maximum absolute atomic E-state index is 14.0. The van der Waals surface area contributed by atoms with E-state index in [-0.39, 0.29) is 29.9 Å². The molecule has 0 radical (unpaired) electrons. The largest absolute Gasteiger partial charge is 0.468 e. The highest BCUT2D eigenvalue weighted by Crippen LogP contribution is 2.50. The van der Waals surface area contributed by atoms with Crippen LogP contribution in [0.4, 0.5) is 9.18 Å². The maximum atomic E-state index is 14.0. The predicted octanol–water partition coefficient (Wildman–Crippen LogP) is 2.05. The van der Waals surface area contributed by atoms with Gasteiger partial charge in [0.15, 0.2) is 0 Å². The standard InChI is InChI=1S/C21H34FN3O4/c1-3-29-20(27)24-9-6-21(14-24)11-17(12-21)23-7-4-16(5-8-23)25-13-15(22)10-18(25)19(26)28-2/h15-18H,3-14H2,1-2H3. The molecule has 0 N–H and O–H groups in total. The molecule has 1 spiro atoms. The first-order valence-electron chi connectivity index (χ1n) is 11.1. The first-order valence-corrected chi connectivity index (χ1v) is 11.1. The zero-order chi connectivity index (χ0) is 20.6. The minimum atomic E-state index is -0.937. The van der Waals surface area contributed by atoms with Crippen LogP contribution in [-0.4, -0.2) is 97.5 Å². The Hall–Kier alpha value is -1.41. The lowest BCUT2D eigenvalue weighted by atomic mass is 9.64. The van der Waals surface area contributed by atoms with E-state index in [2.05, 4.69) is 4.90 Å². The van der Waals surface area contributed by atoms with Crippen LogP contribution >= 0.6 is 0 Å². The summed E-state index contributed by atoms with van der Waals surface area (Å²) in [7, 11) is 1.38. The summed E-state index contributed by atoms with van der Waals surface area (Å²) in [6.45, 7) is 6.24. The number of amides is 1. The predicted molar refractivity (Wildman–Crippen MR) is 105 cm³/mol. The molecule has 0 aromatic carbocycles. The molecule has 4 aliphatic rings. The Morgan fingerprint density at radius 1 is 1.14 bits per heavy atom. The highest BCUT2D eigenvalue weighted by molar-refractivity contribution is 5.76. The molecule has 164 valence electrons. The van der Waals surface area contributed by atoms with Crippen molar-refractivity contribution in [1.82, 2.24) is 14.7 Å². The molecule has 8 heteroatoms. The molecule has 0 bridgehead atoms. The summed E-state index contributed by atoms with van der Waals surface area (Å²) < 4.78 is 24.0. The van der Waals surface area contributed by atoms with Gasteiger partial charge in [0.05, 0.1) is 13.7 Å². The van der Waals surface area contributed by atoms with E-state index >= 15 is 0 Å². The first-order chi connectivity index (χ1) is 13.9. The average molecular weight is 412 g/mol. The van der Waals surface area contributed by atoms with Gasteiger partial charge in [-0.25, -0.2) is 9.18 Å². The molecule has 2 unspecified atom stereocenters. The van der Waals surface area contributed by atoms with Crippen LogP contribution in [0.25, 0.3) is 0 Å². The smallest absolute Gasteiger partial charge is 0.409 e.